The number of hydrogen-bond donors (Lipinski definition) is 1. The van der Waals surface area contributed by atoms with Gasteiger partial charge in [-0.15, -0.1) is 0 Å². The summed E-state index contributed by atoms with van der Waals surface area (Å²) in [5.74, 6) is 0.680. The first-order chi connectivity index (χ1) is 9.69. The van der Waals surface area contributed by atoms with Crippen LogP contribution < -0.4 is 10.1 Å². The lowest BCUT2D eigenvalue weighted by molar-refractivity contribution is 0.239. The van der Waals surface area contributed by atoms with Gasteiger partial charge in [0.25, 0.3) is 0 Å². The van der Waals surface area contributed by atoms with Gasteiger partial charge in [-0.1, -0.05) is 11.6 Å². The van der Waals surface area contributed by atoms with Gasteiger partial charge in [0.05, 0.1) is 12.8 Å². The zero-order valence-electron chi connectivity index (χ0n) is 12.7. The second-order valence-electron chi connectivity index (χ2n) is 5.56. The third-order valence-corrected chi connectivity index (χ3v) is 3.67. The van der Waals surface area contributed by atoms with E-state index in [1.54, 1.807) is 13.3 Å². The van der Waals surface area contributed by atoms with Crippen molar-refractivity contribution in [2.75, 3.05) is 32.1 Å². The monoisotopic (exact) mass is 275 g/mol. The highest BCUT2D eigenvalue weighted by atomic mass is 16.5. The average Bonchev–Trinajstić information content (AvgIpc) is 2.47. The first-order valence-corrected chi connectivity index (χ1v) is 7.30. The fraction of sp³-hybridized carbons (Fsp3) is 0.562. The molecule has 2 heterocycles. The molecule has 1 saturated heterocycles. The van der Waals surface area contributed by atoms with E-state index in [-0.39, 0.29) is 0 Å². The number of hydrogen-bond acceptors (Lipinski definition) is 4. The Morgan fingerprint density at radius 1 is 1.45 bits per heavy atom. The number of methoxy groups -OCH3 is 1. The number of allylic oxidation sites excluding steroid dienone is 1. The van der Waals surface area contributed by atoms with Crippen LogP contribution in [0.25, 0.3) is 0 Å². The van der Waals surface area contributed by atoms with Crippen LogP contribution in [0.15, 0.2) is 30.0 Å². The number of nitrogens with one attached hydrogen (secondary N) is 1. The van der Waals surface area contributed by atoms with Crippen LogP contribution in [0.3, 0.4) is 0 Å². The molecular formula is C16H25N3O. The molecule has 0 spiro atoms. The summed E-state index contributed by atoms with van der Waals surface area (Å²) in [6, 6.07) is 4.48. The molecule has 1 aromatic rings. The molecule has 4 heteroatoms. The number of rotatable bonds is 5. The minimum atomic E-state index is 0.510. The molecule has 0 bridgehead atoms. The van der Waals surface area contributed by atoms with Crippen LogP contribution in [-0.4, -0.2) is 42.7 Å². The fourth-order valence-corrected chi connectivity index (χ4v) is 2.45. The zero-order valence-corrected chi connectivity index (χ0v) is 12.7. The zero-order chi connectivity index (χ0) is 14.4. The van der Waals surface area contributed by atoms with Gasteiger partial charge in [0.1, 0.15) is 0 Å². The van der Waals surface area contributed by atoms with Crippen molar-refractivity contribution in [3.63, 3.8) is 0 Å². The van der Waals surface area contributed by atoms with Crippen molar-refractivity contribution in [1.29, 1.82) is 0 Å². The molecule has 0 aromatic carbocycles. The molecule has 0 radical (unpaired) electrons. The van der Waals surface area contributed by atoms with Crippen molar-refractivity contribution in [2.24, 2.45) is 0 Å². The summed E-state index contributed by atoms with van der Waals surface area (Å²) in [7, 11) is 1.66. The topological polar surface area (TPSA) is 37.4 Å². The molecule has 1 aliphatic rings. The summed E-state index contributed by atoms with van der Waals surface area (Å²) >= 11 is 0. The number of aromatic nitrogens is 1. The molecule has 1 fully saturated rings. The number of ether oxygens (including phenoxy) is 1. The lowest BCUT2D eigenvalue weighted by Crippen LogP contribution is -2.39. The van der Waals surface area contributed by atoms with Crippen LogP contribution in [0.4, 0.5) is 5.69 Å². The van der Waals surface area contributed by atoms with E-state index in [9.17, 15) is 0 Å². The van der Waals surface area contributed by atoms with E-state index < -0.39 is 0 Å². The molecule has 0 unspecified atom stereocenters. The Labute approximate surface area is 121 Å². The van der Waals surface area contributed by atoms with Gasteiger partial charge in [-0.25, -0.2) is 4.98 Å². The molecule has 0 saturated carbocycles. The number of piperidine rings is 1. The van der Waals surface area contributed by atoms with Gasteiger partial charge < -0.3 is 10.1 Å². The van der Waals surface area contributed by atoms with Gasteiger partial charge in [0.15, 0.2) is 0 Å². The van der Waals surface area contributed by atoms with E-state index in [1.807, 2.05) is 12.1 Å². The van der Waals surface area contributed by atoms with E-state index >= 15 is 0 Å². The van der Waals surface area contributed by atoms with Crippen molar-refractivity contribution < 1.29 is 4.74 Å². The average molecular weight is 275 g/mol. The highest BCUT2D eigenvalue weighted by molar-refractivity contribution is 5.52. The van der Waals surface area contributed by atoms with Crippen molar-refractivity contribution >= 4 is 5.69 Å². The predicted octanol–water partition coefficient (Wildman–Crippen LogP) is 2.93. The Kier molecular flexibility index (Phi) is 5.41. The maximum Gasteiger partial charge on any atom is 0.237 e. The summed E-state index contributed by atoms with van der Waals surface area (Å²) in [6.07, 6.45) is 6.38. The molecule has 0 amide bonds. The number of anilines is 1. The molecule has 1 aromatic heterocycles. The Bertz CT molecular complexity index is 447. The van der Waals surface area contributed by atoms with Crippen molar-refractivity contribution in [3.8, 4) is 5.88 Å². The molecule has 1 aliphatic heterocycles. The van der Waals surface area contributed by atoms with Crippen LogP contribution in [0, 0.1) is 0 Å². The molecule has 0 aliphatic carbocycles. The summed E-state index contributed by atoms with van der Waals surface area (Å²) in [4.78, 5) is 6.73. The Morgan fingerprint density at radius 3 is 2.85 bits per heavy atom. The van der Waals surface area contributed by atoms with E-state index in [1.165, 1.54) is 5.57 Å². The number of pyridine rings is 1. The summed E-state index contributed by atoms with van der Waals surface area (Å²) in [5.41, 5.74) is 2.39. The smallest absolute Gasteiger partial charge is 0.237 e. The SMILES string of the molecule is COc1ncccc1NC1CCN(CC=C(C)C)CC1. The largest absolute Gasteiger partial charge is 0.480 e. The molecular weight excluding hydrogens is 250 g/mol. The lowest BCUT2D eigenvalue weighted by Gasteiger charge is -2.32. The Morgan fingerprint density at radius 2 is 2.20 bits per heavy atom. The van der Waals surface area contributed by atoms with E-state index in [0.29, 0.717) is 11.9 Å². The lowest BCUT2D eigenvalue weighted by atomic mass is 10.0. The van der Waals surface area contributed by atoms with E-state index in [0.717, 1.165) is 38.2 Å². The molecule has 20 heavy (non-hydrogen) atoms. The fourth-order valence-electron chi connectivity index (χ4n) is 2.45. The van der Waals surface area contributed by atoms with Gasteiger partial charge in [0.2, 0.25) is 5.88 Å². The van der Waals surface area contributed by atoms with E-state index in [4.69, 9.17) is 4.74 Å². The third kappa shape index (κ3) is 4.23. The normalized spacial score (nSPS) is 16.8. The molecule has 4 nitrogen and oxygen atoms in total. The predicted molar refractivity (Wildman–Crippen MR) is 83.3 cm³/mol. The van der Waals surface area contributed by atoms with Crippen LogP contribution >= 0.6 is 0 Å². The van der Waals surface area contributed by atoms with Gasteiger partial charge in [-0.05, 0) is 38.8 Å². The summed E-state index contributed by atoms with van der Waals surface area (Å²) in [6.45, 7) is 7.67. The maximum absolute atomic E-state index is 5.28. The van der Waals surface area contributed by atoms with Gasteiger partial charge in [-0.2, -0.15) is 0 Å². The van der Waals surface area contributed by atoms with Crippen LogP contribution in [0.2, 0.25) is 0 Å². The van der Waals surface area contributed by atoms with Gasteiger partial charge >= 0.3 is 0 Å². The van der Waals surface area contributed by atoms with Crippen molar-refractivity contribution in [2.45, 2.75) is 32.7 Å². The van der Waals surface area contributed by atoms with Crippen LogP contribution in [0.1, 0.15) is 26.7 Å². The number of likely N-dealkylation sites (tertiary alicyclic amines) is 1. The Hall–Kier alpha value is -1.55. The highest BCUT2D eigenvalue weighted by Gasteiger charge is 2.19. The quantitative estimate of drug-likeness (QED) is 0.838. The van der Waals surface area contributed by atoms with E-state index in [2.05, 4.69) is 35.1 Å². The second kappa shape index (κ2) is 7.29. The Balaban J connectivity index is 1.84. The number of nitrogens with zero attached hydrogens (tertiary/aromatic N) is 2. The molecule has 0 atom stereocenters. The summed E-state index contributed by atoms with van der Waals surface area (Å²) < 4.78 is 5.28. The molecule has 1 N–H and O–H groups in total. The highest BCUT2D eigenvalue weighted by Crippen LogP contribution is 2.23. The van der Waals surface area contributed by atoms with Crippen LogP contribution in [-0.2, 0) is 0 Å². The van der Waals surface area contributed by atoms with Crippen molar-refractivity contribution in [3.05, 3.63) is 30.0 Å². The molecule has 2 rings (SSSR count). The standard InChI is InChI=1S/C16H25N3O/c1-13(2)6-10-19-11-7-14(8-12-19)18-15-5-4-9-17-16(15)20-3/h4-6,9,14,18H,7-8,10-12H2,1-3H3. The minimum absolute atomic E-state index is 0.510. The second-order valence-corrected chi connectivity index (χ2v) is 5.56. The van der Waals surface area contributed by atoms with Crippen molar-refractivity contribution in [1.82, 2.24) is 9.88 Å². The minimum Gasteiger partial charge on any atom is -0.480 e. The maximum atomic E-state index is 5.28. The first kappa shape index (κ1) is 14.9. The summed E-state index contributed by atoms with van der Waals surface area (Å²) in [5, 5.41) is 3.56. The molecule has 110 valence electrons. The van der Waals surface area contributed by atoms with Crippen LogP contribution in [0.5, 0.6) is 5.88 Å². The van der Waals surface area contributed by atoms with Gasteiger partial charge in [0, 0.05) is 31.9 Å². The first-order valence-electron chi connectivity index (χ1n) is 7.30. The third-order valence-electron chi connectivity index (χ3n) is 3.67. The van der Waals surface area contributed by atoms with Gasteiger partial charge in [-0.3, -0.25) is 4.90 Å².